The number of ether oxygens (including phenoxy) is 22. The summed E-state index contributed by atoms with van der Waals surface area (Å²) in [5, 5.41) is 19.7. The summed E-state index contributed by atoms with van der Waals surface area (Å²) in [7, 11) is 0. The number of hydrazine groups is 3. The molecule has 10 amide bonds. The number of esters is 9. The van der Waals surface area contributed by atoms with Gasteiger partial charge in [-0.25, -0.2) is 0 Å². The van der Waals surface area contributed by atoms with E-state index in [1.807, 2.05) is 0 Å². The van der Waals surface area contributed by atoms with Crippen LogP contribution in [0.4, 0.5) is 0 Å². The van der Waals surface area contributed by atoms with Crippen molar-refractivity contribution in [2.45, 2.75) is 226 Å². The summed E-state index contributed by atoms with van der Waals surface area (Å²) >= 11 is 0. The van der Waals surface area contributed by atoms with Crippen molar-refractivity contribution in [1.82, 2.24) is 53.8 Å². The van der Waals surface area contributed by atoms with Crippen molar-refractivity contribution >= 4 is 113 Å². The second kappa shape index (κ2) is 60.9. The molecule has 3 aliphatic rings. The summed E-state index contributed by atoms with van der Waals surface area (Å²) in [5.41, 5.74) is 11.6. The quantitative estimate of drug-likeness (QED) is 0.0117. The van der Waals surface area contributed by atoms with Crippen LogP contribution >= 0.6 is 0 Å². The van der Waals surface area contributed by atoms with Crippen molar-refractivity contribution in [3.8, 4) is 0 Å². The smallest absolute Gasteiger partial charge is 0.303 e. The number of rotatable bonds is 57. The van der Waals surface area contributed by atoms with E-state index >= 15 is 0 Å². The lowest BCUT2D eigenvalue weighted by Crippen LogP contribution is -2.66. The van der Waals surface area contributed by atoms with E-state index in [0.717, 1.165) is 83.1 Å². The highest BCUT2D eigenvalue weighted by atomic mass is 16.7. The molecule has 3 aliphatic heterocycles. The van der Waals surface area contributed by atoms with Gasteiger partial charge in [0.15, 0.2) is 55.5 Å². The summed E-state index contributed by atoms with van der Waals surface area (Å²) < 4.78 is 123. The normalized spacial score (nSPS) is 22.2. The highest BCUT2D eigenvalue weighted by Crippen LogP contribution is 2.32. The summed E-state index contributed by atoms with van der Waals surface area (Å²) in [4.78, 5) is 236. The lowest BCUT2D eigenvalue weighted by molar-refractivity contribution is -0.279. The van der Waals surface area contributed by atoms with Gasteiger partial charge in [0.2, 0.25) is 59.1 Å². The van der Waals surface area contributed by atoms with E-state index in [9.17, 15) is 96.2 Å². The van der Waals surface area contributed by atoms with Crippen LogP contribution in [0, 0.1) is 0 Å². The van der Waals surface area contributed by atoms with E-state index in [1.54, 1.807) is 0 Å². The molecule has 3 heterocycles. The maximum absolute atomic E-state index is 13.6. The zero-order valence-electron chi connectivity index (χ0n) is 72.6. The maximum Gasteiger partial charge on any atom is 0.303 e. The van der Waals surface area contributed by atoms with E-state index in [4.69, 9.17) is 104 Å². The third-order valence-corrected chi connectivity index (χ3v) is 16.9. The molecule has 3 fully saturated rings. The average Bonchev–Trinajstić information content (AvgIpc) is 0.794. The van der Waals surface area contributed by atoms with Crippen molar-refractivity contribution in [2.24, 2.45) is 0 Å². The molecule has 0 radical (unpaired) electrons. The molecule has 0 aromatic carbocycles. The Morgan fingerprint density at radius 3 is 0.709 bits per heavy atom. The Morgan fingerprint density at radius 1 is 0.268 bits per heavy atom. The fraction of sp³-hybridized carbons (Fsp3) is 0.747. The standard InChI is InChI=1S/C75H118N10O42/c1-41(87)76-63-69(122-50(10)96)66(119-47(7)93)53(35-116-44(4)90)125-72(63)113-32-29-107-22-14-57(100)80-83-60(103)17-25-110-38-75(79-56(99)13-21-106-28-20-86,39-111-26-18-61(104)84-81-58(101)15-23-108-30-33-114-73-64(77-42(2)88)70(123-51(11)97)67(120-48(8)94)54(126-73)36-117-45(5)91)40-112-27-19-62(105)85-82-59(102)16-24-109-31-34-115-74-65(78-43(3)89)71(124-52(12)98)68(121-49(9)95)55(127-74)37-118-46(6)92/h53-55,63-74,86H,13-40H2,1-12H3,(H,76,87)(H,77,88)(H,78,89)(H,79,99)(H,80,100)(H,81,101)(H,82,102)(H,83,103)(H,84,104)(H,85,105). The topological polar surface area (TPSA) is 668 Å². The van der Waals surface area contributed by atoms with E-state index in [1.165, 1.54) is 0 Å². The van der Waals surface area contributed by atoms with Gasteiger partial charge in [-0.15, -0.1) is 0 Å². The summed E-state index contributed by atoms with van der Waals surface area (Å²) in [5.74, 6) is -14.1. The molecule has 720 valence electrons. The van der Waals surface area contributed by atoms with Crippen molar-refractivity contribution in [2.75, 3.05) is 139 Å². The van der Waals surface area contributed by atoms with Gasteiger partial charge in [0, 0.05) is 89.5 Å². The number of carbonyl (C=O) groups excluding carboxylic acids is 19. The molecule has 0 aliphatic carbocycles. The van der Waals surface area contributed by atoms with Gasteiger partial charge in [-0.05, 0) is 0 Å². The van der Waals surface area contributed by atoms with Crippen molar-refractivity contribution in [3.05, 3.63) is 0 Å². The molecular formula is C75H118N10O42. The summed E-state index contributed by atoms with van der Waals surface area (Å²) in [6, 6.07) is -3.78. The zero-order valence-corrected chi connectivity index (χ0v) is 72.6. The molecular weight excluding hydrogens is 1710 g/mol. The highest BCUT2D eigenvalue weighted by molar-refractivity contribution is 5.84. The molecule has 11 N–H and O–H groups in total. The van der Waals surface area contributed by atoms with Crippen molar-refractivity contribution in [1.29, 1.82) is 0 Å². The third kappa shape index (κ3) is 47.1. The molecule has 0 aromatic heterocycles. The Labute approximate surface area is 728 Å². The highest BCUT2D eigenvalue weighted by Gasteiger charge is 2.55. The molecule has 127 heavy (non-hydrogen) atoms. The predicted octanol–water partition coefficient (Wildman–Crippen LogP) is -6.86. The van der Waals surface area contributed by atoms with Crippen LogP contribution in [0.1, 0.15) is 128 Å². The Kier molecular flexibility index (Phi) is 53.0. The van der Waals surface area contributed by atoms with Gasteiger partial charge in [-0.1, -0.05) is 0 Å². The van der Waals surface area contributed by atoms with Crippen LogP contribution in [0.15, 0.2) is 0 Å². The van der Waals surface area contributed by atoms with Gasteiger partial charge in [0.05, 0.1) is 157 Å². The van der Waals surface area contributed by atoms with Crippen molar-refractivity contribution in [3.63, 3.8) is 0 Å². The van der Waals surface area contributed by atoms with Crippen LogP contribution in [0.5, 0.6) is 0 Å². The molecule has 0 spiro atoms. The van der Waals surface area contributed by atoms with Crippen LogP contribution in [-0.4, -0.2) is 354 Å². The zero-order chi connectivity index (χ0) is 94.6. The lowest BCUT2D eigenvalue weighted by atomic mass is 9.96. The predicted molar refractivity (Wildman–Crippen MR) is 415 cm³/mol. The second-order valence-corrected chi connectivity index (χ2v) is 28.0. The first kappa shape index (κ1) is 111. The van der Waals surface area contributed by atoms with E-state index in [-0.39, 0.29) is 105 Å². The van der Waals surface area contributed by atoms with Crippen LogP contribution < -0.4 is 53.8 Å². The number of hydrogen-bond donors (Lipinski definition) is 11. The first-order chi connectivity index (χ1) is 60.2. The van der Waals surface area contributed by atoms with Gasteiger partial charge >= 0.3 is 53.7 Å². The van der Waals surface area contributed by atoms with Crippen molar-refractivity contribution < 1.29 is 200 Å². The van der Waals surface area contributed by atoms with Crippen LogP contribution in [0.25, 0.3) is 0 Å². The molecule has 0 saturated carbocycles. The number of nitrogens with one attached hydrogen (secondary N) is 10. The fourth-order valence-corrected chi connectivity index (χ4v) is 11.8. The Morgan fingerprint density at radius 2 is 0.488 bits per heavy atom. The SMILES string of the molecule is CC(=O)NC1C(OCCOCCC(=O)NNC(=O)CCOCC(COCCC(=O)NNC(=O)CCOCCOC2OC(COC(C)=O)C(OC(C)=O)C(OC(C)=O)C2NC(C)=O)(COCCC(=O)NNC(=O)CCOCCOC2OC(COC(C)=O)C(OC(C)=O)C(OC(C)=O)C2NC(C)=O)NC(=O)CCOCCO)OC(COC(C)=O)C(OC(C)=O)C1OC(C)=O. The van der Waals surface area contributed by atoms with Gasteiger partial charge in [0.25, 0.3) is 0 Å². The number of carbonyl (C=O) groups is 19. The molecule has 15 unspecified atom stereocenters. The molecule has 3 rings (SSSR count). The van der Waals surface area contributed by atoms with E-state index in [2.05, 4.69) is 53.8 Å². The monoisotopic (exact) mass is 1830 g/mol. The van der Waals surface area contributed by atoms with Gasteiger partial charge in [-0.3, -0.25) is 124 Å². The van der Waals surface area contributed by atoms with Crippen LogP contribution in [-0.2, 0) is 195 Å². The van der Waals surface area contributed by atoms with Crippen LogP contribution in [0.3, 0.4) is 0 Å². The Bertz CT molecular complexity index is 3260. The minimum Gasteiger partial charge on any atom is -0.463 e. The molecule has 52 heteroatoms. The fourth-order valence-electron chi connectivity index (χ4n) is 11.8. The maximum atomic E-state index is 13.6. The molecule has 15 atom stereocenters. The van der Waals surface area contributed by atoms with E-state index < -0.39 is 289 Å². The number of hydrogen-bond acceptors (Lipinski definition) is 42. The van der Waals surface area contributed by atoms with Gasteiger partial charge in [0.1, 0.15) is 61.8 Å². The summed E-state index contributed by atoms with van der Waals surface area (Å²) in [6.07, 6.45) is -18.7. The minimum absolute atomic E-state index is 0.129. The van der Waals surface area contributed by atoms with E-state index in [0.29, 0.717) is 0 Å². The first-order valence-electron chi connectivity index (χ1n) is 40.0. The van der Waals surface area contributed by atoms with Gasteiger partial charge < -0.3 is 131 Å². The summed E-state index contributed by atoms with van der Waals surface area (Å²) in [6.45, 7) is 6.31. The second-order valence-electron chi connectivity index (χ2n) is 28.0. The molecule has 0 aromatic rings. The number of amides is 10. The lowest BCUT2D eigenvalue weighted by Gasteiger charge is -2.44. The molecule has 52 nitrogen and oxygen atoms in total. The van der Waals surface area contributed by atoms with Crippen LogP contribution in [0.2, 0.25) is 0 Å². The van der Waals surface area contributed by atoms with Gasteiger partial charge in [-0.2, -0.15) is 0 Å². The molecule has 0 bridgehead atoms. The average molecular weight is 1830 g/mol. The Hall–Kier alpha value is -10.6. The number of aliphatic hydroxyl groups excluding tert-OH is 1. The first-order valence-corrected chi connectivity index (χ1v) is 40.0. The molecule has 3 saturated heterocycles. The Balaban J connectivity index is 1.67. The number of aliphatic hydroxyl groups is 1. The third-order valence-electron chi connectivity index (χ3n) is 16.9. The largest absolute Gasteiger partial charge is 0.463 e. The minimum atomic E-state index is -1.73.